The van der Waals surface area contributed by atoms with Gasteiger partial charge in [0.25, 0.3) is 0 Å². The molecule has 1 N–H and O–H groups in total. The molecule has 0 aromatic heterocycles. The molecule has 0 bridgehead atoms. The molecule has 8 rings (SSSR count). The van der Waals surface area contributed by atoms with Crippen molar-refractivity contribution < 1.29 is 0 Å². The lowest BCUT2D eigenvalue weighted by molar-refractivity contribution is 1.52. The van der Waals surface area contributed by atoms with Crippen molar-refractivity contribution in [2.45, 2.75) is 0 Å². The molecule has 1 nitrogen and oxygen atoms in total. The Morgan fingerprint density at radius 1 is 0.255 bits per heavy atom. The molecule has 1 heteroatoms. The Bertz CT molecular complexity index is 2300. The third-order valence-electron chi connectivity index (χ3n) is 8.91. The van der Waals surface area contributed by atoms with E-state index in [0.717, 1.165) is 11.4 Å². The maximum absolute atomic E-state index is 3.76. The van der Waals surface area contributed by atoms with Crippen molar-refractivity contribution in [3.8, 4) is 55.6 Å². The molecule has 0 fully saturated rings. The quantitative estimate of drug-likeness (QED) is 0.192. The van der Waals surface area contributed by atoms with E-state index in [9.17, 15) is 0 Å². The number of rotatable bonds is 7. The van der Waals surface area contributed by atoms with Gasteiger partial charge in [0.05, 0.1) is 0 Å². The molecular formula is C46H33N. The molecule has 0 spiro atoms. The van der Waals surface area contributed by atoms with Crippen LogP contribution in [-0.2, 0) is 0 Å². The Labute approximate surface area is 276 Å². The van der Waals surface area contributed by atoms with E-state index in [-0.39, 0.29) is 0 Å². The van der Waals surface area contributed by atoms with Crippen LogP contribution in [0, 0.1) is 0 Å². The summed E-state index contributed by atoms with van der Waals surface area (Å²) in [6, 6.07) is 69.3. The van der Waals surface area contributed by atoms with Gasteiger partial charge in [0.2, 0.25) is 0 Å². The zero-order chi connectivity index (χ0) is 31.4. The van der Waals surface area contributed by atoms with Gasteiger partial charge in [-0.2, -0.15) is 0 Å². The Balaban J connectivity index is 1.14. The largest absolute Gasteiger partial charge is 0.355 e. The van der Waals surface area contributed by atoms with Crippen LogP contribution in [-0.4, -0.2) is 0 Å². The smallest absolute Gasteiger partial charge is 0.0464 e. The molecule has 0 saturated carbocycles. The maximum atomic E-state index is 3.76. The molecule has 0 aliphatic rings. The third kappa shape index (κ3) is 5.72. The monoisotopic (exact) mass is 599 g/mol. The molecule has 0 amide bonds. The highest BCUT2D eigenvalue weighted by Crippen LogP contribution is 2.39. The minimum Gasteiger partial charge on any atom is -0.355 e. The second kappa shape index (κ2) is 12.7. The lowest BCUT2D eigenvalue weighted by atomic mass is 9.91. The summed E-state index contributed by atoms with van der Waals surface area (Å²) in [4.78, 5) is 0. The Hall–Kier alpha value is -6.18. The average molecular weight is 600 g/mol. The summed E-state index contributed by atoms with van der Waals surface area (Å²) in [6.07, 6.45) is 0. The molecule has 0 unspecified atom stereocenters. The number of para-hydroxylation sites is 1. The van der Waals surface area contributed by atoms with Crippen molar-refractivity contribution in [1.82, 2.24) is 0 Å². The molecule has 8 aromatic carbocycles. The first-order valence-electron chi connectivity index (χ1n) is 16.1. The van der Waals surface area contributed by atoms with E-state index in [1.165, 1.54) is 66.4 Å². The highest BCUT2D eigenvalue weighted by Gasteiger charge is 2.13. The molecule has 0 heterocycles. The number of benzene rings is 8. The highest BCUT2D eigenvalue weighted by atomic mass is 14.9. The minimum atomic E-state index is 1.05. The van der Waals surface area contributed by atoms with Crippen LogP contribution in [0.15, 0.2) is 194 Å². The van der Waals surface area contributed by atoms with E-state index in [1.807, 2.05) is 0 Å². The van der Waals surface area contributed by atoms with Gasteiger partial charge in [0.15, 0.2) is 0 Å². The lowest BCUT2D eigenvalue weighted by Crippen LogP contribution is -1.95. The van der Waals surface area contributed by atoms with Crippen molar-refractivity contribution >= 4 is 22.1 Å². The first-order valence-corrected chi connectivity index (χ1v) is 16.1. The van der Waals surface area contributed by atoms with Crippen LogP contribution in [0.4, 0.5) is 11.4 Å². The summed E-state index contributed by atoms with van der Waals surface area (Å²) >= 11 is 0. The van der Waals surface area contributed by atoms with E-state index < -0.39 is 0 Å². The fraction of sp³-hybridized carbons (Fsp3) is 0. The molecule has 47 heavy (non-hydrogen) atoms. The topological polar surface area (TPSA) is 12.0 Å². The molecule has 0 aliphatic carbocycles. The first-order chi connectivity index (χ1) is 23.3. The SMILES string of the molecule is c1ccc(-c2ccc(-c3ccc(-c4cccc(Nc5ccccc5-c5ccccc5-c5ccccc5)c4)c4ccccc34)cc2)cc1. The Kier molecular flexibility index (Phi) is 7.63. The summed E-state index contributed by atoms with van der Waals surface area (Å²) in [5, 5.41) is 6.25. The van der Waals surface area contributed by atoms with Gasteiger partial charge in [-0.3, -0.25) is 0 Å². The van der Waals surface area contributed by atoms with Crippen molar-refractivity contribution in [3.63, 3.8) is 0 Å². The first kappa shape index (κ1) is 28.3. The predicted molar refractivity (Wildman–Crippen MR) is 201 cm³/mol. The van der Waals surface area contributed by atoms with E-state index in [2.05, 4.69) is 199 Å². The Morgan fingerprint density at radius 3 is 1.43 bits per heavy atom. The number of nitrogens with one attached hydrogen (secondary N) is 1. The molecule has 8 aromatic rings. The number of hydrogen-bond acceptors (Lipinski definition) is 1. The van der Waals surface area contributed by atoms with Crippen LogP contribution < -0.4 is 5.32 Å². The summed E-state index contributed by atoms with van der Waals surface area (Å²) in [7, 11) is 0. The second-order valence-electron chi connectivity index (χ2n) is 11.8. The number of hydrogen-bond donors (Lipinski definition) is 1. The van der Waals surface area contributed by atoms with Gasteiger partial charge in [-0.1, -0.05) is 176 Å². The van der Waals surface area contributed by atoms with E-state index >= 15 is 0 Å². The van der Waals surface area contributed by atoms with E-state index in [1.54, 1.807) is 0 Å². The van der Waals surface area contributed by atoms with Crippen molar-refractivity contribution in [2.75, 3.05) is 5.32 Å². The summed E-state index contributed by atoms with van der Waals surface area (Å²) < 4.78 is 0. The van der Waals surface area contributed by atoms with Gasteiger partial charge in [0, 0.05) is 16.9 Å². The molecule has 0 radical (unpaired) electrons. The summed E-state index contributed by atoms with van der Waals surface area (Å²) in [5.74, 6) is 0. The third-order valence-corrected chi connectivity index (χ3v) is 8.91. The summed E-state index contributed by atoms with van der Waals surface area (Å²) in [5.41, 5.74) is 14.3. The molecule has 222 valence electrons. The lowest BCUT2D eigenvalue weighted by Gasteiger charge is -2.17. The second-order valence-corrected chi connectivity index (χ2v) is 11.8. The van der Waals surface area contributed by atoms with Crippen LogP contribution >= 0.6 is 0 Å². The van der Waals surface area contributed by atoms with E-state index in [0.29, 0.717) is 0 Å². The van der Waals surface area contributed by atoms with Crippen LogP contribution in [0.25, 0.3) is 66.4 Å². The van der Waals surface area contributed by atoms with Crippen molar-refractivity contribution in [1.29, 1.82) is 0 Å². The predicted octanol–water partition coefficient (Wildman–Crippen LogP) is 12.9. The van der Waals surface area contributed by atoms with E-state index in [4.69, 9.17) is 0 Å². The van der Waals surface area contributed by atoms with Gasteiger partial charge in [-0.05, 0) is 79.0 Å². The normalized spacial score (nSPS) is 11.0. The average Bonchev–Trinajstić information content (AvgIpc) is 3.15. The number of fused-ring (bicyclic) bond motifs is 1. The summed E-state index contributed by atoms with van der Waals surface area (Å²) in [6.45, 7) is 0. The molecule has 0 saturated heterocycles. The van der Waals surface area contributed by atoms with Gasteiger partial charge in [-0.25, -0.2) is 0 Å². The van der Waals surface area contributed by atoms with Crippen LogP contribution in [0.5, 0.6) is 0 Å². The molecule has 0 atom stereocenters. The van der Waals surface area contributed by atoms with Crippen LogP contribution in [0.1, 0.15) is 0 Å². The zero-order valence-electron chi connectivity index (χ0n) is 26.0. The highest BCUT2D eigenvalue weighted by molar-refractivity contribution is 6.05. The van der Waals surface area contributed by atoms with Gasteiger partial charge in [0.1, 0.15) is 0 Å². The fourth-order valence-electron chi connectivity index (χ4n) is 6.61. The van der Waals surface area contributed by atoms with Crippen LogP contribution in [0.2, 0.25) is 0 Å². The molecule has 0 aliphatic heterocycles. The standard InChI is InChI=1S/C46H33N/c1-3-14-33(15-4-1)34-26-28-36(29-27-34)40-30-31-41(43-22-10-9-21-42(40)43)37-18-13-19-38(32-37)47-46-25-12-11-24-45(46)44-23-8-7-20-39(44)35-16-5-2-6-17-35/h1-32,47H. The van der Waals surface area contributed by atoms with Crippen molar-refractivity contribution in [3.05, 3.63) is 194 Å². The fourth-order valence-corrected chi connectivity index (χ4v) is 6.61. The van der Waals surface area contributed by atoms with Gasteiger partial charge in [-0.15, -0.1) is 0 Å². The van der Waals surface area contributed by atoms with Gasteiger partial charge < -0.3 is 5.32 Å². The zero-order valence-corrected chi connectivity index (χ0v) is 26.0. The number of anilines is 2. The van der Waals surface area contributed by atoms with Crippen molar-refractivity contribution in [2.24, 2.45) is 0 Å². The molecular weight excluding hydrogens is 567 g/mol. The maximum Gasteiger partial charge on any atom is 0.0464 e. The minimum absolute atomic E-state index is 1.05. The van der Waals surface area contributed by atoms with Crippen LogP contribution in [0.3, 0.4) is 0 Å². The van der Waals surface area contributed by atoms with Gasteiger partial charge >= 0.3 is 0 Å². The Morgan fingerprint density at radius 2 is 0.723 bits per heavy atom.